The van der Waals surface area contributed by atoms with Crippen LogP contribution in [-0.4, -0.2) is 35.1 Å². The molecule has 2 atom stereocenters. The van der Waals surface area contributed by atoms with Crippen molar-refractivity contribution in [3.8, 4) is 0 Å². The zero-order valence-corrected chi connectivity index (χ0v) is 11.1. The van der Waals surface area contributed by atoms with Crippen LogP contribution < -0.4 is 5.32 Å². The minimum Gasteiger partial charge on any atom is -0.306 e. The van der Waals surface area contributed by atoms with Crippen molar-refractivity contribution in [2.24, 2.45) is 0 Å². The van der Waals surface area contributed by atoms with Crippen molar-refractivity contribution in [2.45, 2.75) is 45.3 Å². The molecule has 3 heteroatoms. The van der Waals surface area contributed by atoms with Crippen LogP contribution in [0.4, 0.5) is 0 Å². The maximum atomic E-state index is 4.06. The molecule has 94 valence electrons. The lowest BCUT2D eigenvalue weighted by Crippen LogP contribution is -2.36. The average Bonchev–Trinajstić information content (AvgIpc) is 2.79. The molecule has 0 radical (unpaired) electrons. The number of nitrogens with zero attached hydrogens (tertiary/aromatic N) is 2. The molecule has 2 heterocycles. The van der Waals surface area contributed by atoms with Gasteiger partial charge in [-0.05, 0) is 51.4 Å². The van der Waals surface area contributed by atoms with E-state index in [2.05, 4.69) is 48.1 Å². The summed E-state index contributed by atoms with van der Waals surface area (Å²) in [7, 11) is 0. The Labute approximate surface area is 104 Å². The normalized spacial score (nSPS) is 23.2. The van der Waals surface area contributed by atoms with E-state index in [9.17, 15) is 0 Å². The monoisotopic (exact) mass is 233 g/mol. The number of aromatic nitrogens is 1. The zero-order chi connectivity index (χ0) is 12.3. The van der Waals surface area contributed by atoms with Crippen LogP contribution in [0, 0.1) is 0 Å². The van der Waals surface area contributed by atoms with Gasteiger partial charge >= 0.3 is 0 Å². The van der Waals surface area contributed by atoms with Crippen molar-refractivity contribution >= 4 is 0 Å². The Hall–Kier alpha value is -0.930. The highest BCUT2D eigenvalue weighted by atomic mass is 15.2. The van der Waals surface area contributed by atoms with E-state index in [0.29, 0.717) is 18.1 Å². The van der Waals surface area contributed by atoms with Crippen LogP contribution in [0.2, 0.25) is 0 Å². The molecule has 0 bridgehead atoms. The van der Waals surface area contributed by atoms with Crippen LogP contribution in [0.15, 0.2) is 24.5 Å². The van der Waals surface area contributed by atoms with Crippen molar-refractivity contribution in [1.82, 2.24) is 15.2 Å². The fourth-order valence-corrected chi connectivity index (χ4v) is 2.49. The van der Waals surface area contributed by atoms with E-state index in [4.69, 9.17) is 0 Å². The molecular formula is C14H23N3. The number of likely N-dealkylation sites (tertiary alicyclic amines) is 1. The lowest BCUT2D eigenvalue weighted by Gasteiger charge is -2.22. The molecule has 1 saturated heterocycles. The number of rotatable bonds is 4. The van der Waals surface area contributed by atoms with Gasteiger partial charge in [-0.15, -0.1) is 0 Å². The molecule has 1 aliphatic heterocycles. The first-order valence-corrected chi connectivity index (χ1v) is 6.57. The molecule has 0 saturated carbocycles. The van der Waals surface area contributed by atoms with Gasteiger partial charge in [-0.1, -0.05) is 0 Å². The first-order valence-electron chi connectivity index (χ1n) is 6.57. The van der Waals surface area contributed by atoms with E-state index in [-0.39, 0.29) is 0 Å². The summed E-state index contributed by atoms with van der Waals surface area (Å²) < 4.78 is 0. The van der Waals surface area contributed by atoms with Crippen molar-refractivity contribution in [3.63, 3.8) is 0 Å². The molecule has 1 N–H and O–H groups in total. The summed E-state index contributed by atoms with van der Waals surface area (Å²) in [5.41, 5.74) is 1.32. The molecule has 0 aliphatic carbocycles. The largest absolute Gasteiger partial charge is 0.306 e. The summed E-state index contributed by atoms with van der Waals surface area (Å²) >= 11 is 0. The van der Waals surface area contributed by atoms with E-state index in [0.717, 1.165) is 0 Å². The molecule has 2 rings (SSSR count). The second kappa shape index (κ2) is 5.61. The maximum Gasteiger partial charge on any atom is 0.0296 e. The van der Waals surface area contributed by atoms with Gasteiger partial charge in [-0.25, -0.2) is 0 Å². The summed E-state index contributed by atoms with van der Waals surface area (Å²) in [6, 6.07) is 5.88. The summed E-state index contributed by atoms with van der Waals surface area (Å²) in [5.74, 6) is 0. The van der Waals surface area contributed by atoms with Crippen LogP contribution in [0.25, 0.3) is 0 Å². The van der Waals surface area contributed by atoms with Crippen LogP contribution in [0.3, 0.4) is 0 Å². The average molecular weight is 233 g/mol. The predicted molar refractivity (Wildman–Crippen MR) is 70.9 cm³/mol. The molecule has 1 fully saturated rings. The number of pyridine rings is 1. The van der Waals surface area contributed by atoms with Gasteiger partial charge in [0.1, 0.15) is 0 Å². The summed E-state index contributed by atoms with van der Waals surface area (Å²) in [6.45, 7) is 9.17. The first-order chi connectivity index (χ1) is 8.16. The van der Waals surface area contributed by atoms with Crippen molar-refractivity contribution < 1.29 is 0 Å². The Morgan fingerprint density at radius 3 is 2.59 bits per heavy atom. The first kappa shape index (κ1) is 12.5. The van der Waals surface area contributed by atoms with Crippen LogP contribution in [-0.2, 0) is 0 Å². The van der Waals surface area contributed by atoms with E-state index in [1.54, 1.807) is 0 Å². The predicted octanol–water partition coefficient (Wildman–Crippen LogP) is 2.21. The summed E-state index contributed by atoms with van der Waals surface area (Å²) in [4.78, 5) is 6.60. The SMILES string of the molecule is CC(C)N1CCC(N[C@H](C)c2ccncc2)C1. The molecule has 0 spiro atoms. The van der Waals surface area contributed by atoms with Gasteiger partial charge in [0, 0.05) is 37.1 Å². The molecule has 1 unspecified atom stereocenters. The van der Waals surface area contributed by atoms with E-state index in [1.807, 2.05) is 12.4 Å². The third-order valence-corrected chi connectivity index (χ3v) is 3.64. The van der Waals surface area contributed by atoms with E-state index in [1.165, 1.54) is 25.1 Å². The van der Waals surface area contributed by atoms with Crippen LogP contribution in [0.5, 0.6) is 0 Å². The van der Waals surface area contributed by atoms with Crippen LogP contribution >= 0.6 is 0 Å². The van der Waals surface area contributed by atoms with Gasteiger partial charge in [0.05, 0.1) is 0 Å². The number of hydrogen-bond donors (Lipinski definition) is 1. The van der Waals surface area contributed by atoms with Gasteiger partial charge in [0.2, 0.25) is 0 Å². The molecular weight excluding hydrogens is 210 g/mol. The standard InChI is InChI=1S/C14H23N3/c1-11(2)17-9-6-14(10-17)16-12(3)13-4-7-15-8-5-13/h4-5,7-8,11-12,14,16H,6,9-10H2,1-3H3/t12-,14?/m1/s1. The third-order valence-electron chi connectivity index (χ3n) is 3.64. The highest BCUT2D eigenvalue weighted by molar-refractivity contribution is 5.14. The second-order valence-electron chi connectivity index (χ2n) is 5.24. The Morgan fingerprint density at radius 1 is 1.29 bits per heavy atom. The van der Waals surface area contributed by atoms with Crippen molar-refractivity contribution in [1.29, 1.82) is 0 Å². The summed E-state index contributed by atoms with van der Waals surface area (Å²) in [5, 5.41) is 3.71. The lowest BCUT2D eigenvalue weighted by molar-refractivity contribution is 0.266. The smallest absolute Gasteiger partial charge is 0.0296 e. The van der Waals surface area contributed by atoms with Gasteiger partial charge in [-0.2, -0.15) is 0 Å². The van der Waals surface area contributed by atoms with E-state index < -0.39 is 0 Å². The number of hydrogen-bond acceptors (Lipinski definition) is 3. The molecule has 3 nitrogen and oxygen atoms in total. The Kier molecular flexibility index (Phi) is 4.13. The highest BCUT2D eigenvalue weighted by Crippen LogP contribution is 2.17. The van der Waals surface area contributed by atoms with Crippen molar-refractivity contribution in [3.05, 3.63) is 30.1 Å². The fraction of sp³-hybridized carbons (Fsp3) is 0.643. The maximum absolute atomic E-state index is 4.06. The highest BCUT2D eigenvalue weighted by Gasteiger charge is 2.25. The van der Waals surface area contributed by atoms with Crippen LogP contribution in [0.1, 0.15) is 38.8 Å². The molecule has 1 aromatic heterocycles. The second-order valence-corrected chi connectivity index (χ2v) is 5.24. The molecule has 1 aromatic rings. The van der Waals surface area contributed by atoms with Gasteiger partial charge in [0.25, 0.3) is 0 Å². The minimum atomic E-state index is 0.412. The topological polar surface area (TPSA) is 28.2 Å². The van der Waals surface area contributed by atoms with Crippen molar-refractivity contribution in [2.75, 3.05) is 13.1 Å². The van der Waals surface area contributed by atoms with Gasteiger partial charge in [-0.3, -0.25) is 9.88 Å². The minimum absolute atomic E-state index is 0.412. The zero-order valence-electron chi connectivity index (χ0n) is 11.1. The quantitative estimate of drug-likeness (QED) is 0.864. The Bertz CT molecular complexity index is 337. The Balaban J connectivity index is 1.86. The molecule has 17 heavy (non-hydrogen) atoms. The Morgan fingerprint density at radius 2 is 2.00 bits per heavy atom. The van der Waals surface area contributed by atoms with Gasteiger partial charge < -0.3 is 5.32 Å². The fourth-order valence-electron chi connectivity index (χ4n) is 2.49. The molecule has 0 amide bonds. The molecule has 0 aromatic carbocycles. The summed E-state index contributed by atoms with van der Waals surface area (Å²) in [6.07, 6.45) is 4.98. The lowest BCUT2D eigenvalue weighted by atomic mass is 10.1. The molecule has 1 aliphatic rings. The van der Waals surface area contributed by atoms with Gasteiger partial charge in [0.15, 0.2) is 0 Å². The van der Waals surface area contributed by atoms with E-state index >= 15 is 0 Å². The number of nitrogens with one attached hydrogen (secondary N) is 1. The third kappa shape index (κ3) is 3.27.